The summed E-state index contributed by atoms with van der Waals surface area (Å²) < 4.78 is 0. The van der Waals surface area contributed by atoms with Crippen molar-refractivity contribution < 1.29 is 9.59 Å². The zero-order valence-corrected chi connectivity index (χ0v) is 14.7. The minimum Gasteiger partial charge on any atom is -0.326 e. The number of nitrogens with one attached hydrogen (secondary N) is 1. The maximum atomic E-state index is 12.6. The molecule has 1 fully saturated rings. The van der Waals surface area contributed by atoms with Gasteiger partial charge in [0.2, 0.25) is 11.8 Å². The van der Waals surface area contributed by atoms with Gasteiger partial charge in [-0.05, 0) is 36.1 Å². The van der Waals surface area contributed by atoms with E-state index in [1.54, 1.807) is 4.90 Å². The molecule has 0 saturated carbocycles. The third-order valence-electron chi connectivity index (χ3n) is 4.91. The summed E-state index contributed by atoms with van der Waals surface area (Å²) in [5.41, 5.74) is 2.87. The molecule has 1 aliphatic heterocycles. The van der Waals surface area contributed by atoms with E-state index in [-0.39, 0.29) is 24.2 Å². The summed E-state index contributed by atoms with van der Waals surface area (Å²) in [6.07, 6.45) is 1.27. The van der Waals surface area contributed by atoms with Gasteiger partial charge in [-0.3, -0.25) is 9.59 Å². The Balaban J connectivity index is 1.76. The Morgan fingerprint density at radius 2 is 1.84 bits per heavy atom. The van der Waals surface area contributed by atoms with Crippen molar-refractivity contribution in [3.8, 4) is 0 Å². The van der Waals surface area contributed by atoms with E-state index in [4.69, 9.17) is 0 Å². The molecular formula is C21H24N2O2. The predicted octanol–water partition coefficient (Wildman–Crippen LogP) is 4.19. The molecule has 0 aromatic heterocycles. The molecule has 1 saturated heterocycles. The first-order valence-corrected chi connectivity index (χ1v) is 8.85. The highest BCUT2D eigenvalue weighted by Crippen LogP contribution is 2.33. The molecule has 0 aliphatic carbocycles. The number of anilines is 2. The third-order valence-corrected chi connectivity index (χ3v) is 4.91. The molecule has 2 amide bonds. The molecule has 0 bridgehead atoms. The highest BCUT2D eigenvalue weighted by Gasteiger charge is 2.36. The van der Waals surface area contributed by atoms with E-state index >= 15 is 0 Å². The molecule has 1 heterocycles. The van der Waals surface area contributed by atoms with Crippen LogP contribution in [0.5, 0.6) is 0 Å². The van der Waals surface area contributed by atoms with Crippen LogP contribution in [0.25, 0.3) is 0 Å². The first-order chi connectivity index (χ1) is 12.1. The number of benzene rings is 2. The number of nitrogens with zero attached hydrogens (tertiary/aromatic N) is 1. The summed E-state index contributed by atoms with van der Waals surface area (Å²) >= 11 is 0. The zero-order chi connectivity index (χ0) is 17.8. The van der Waals surface area contributed by atoms with Crippen LogP contribution in [0, 0.1) is 5.92 Å². The lowest BCUT2D eigenvalue weighted by atomic mass is 9.96. The third kappa shape index (κ3) is 3.73. The van der Waals surface area contributed by atoms with Crippen molar-refractivity contribution in [2.24, 2.45) is 5.92 Å². The van der Waals surface area contributed by atoms with E-state index < -0.39 is 0 Å². The first kappa shape index (κ1) is 17.2. The van der Waals surface area contributed by atoms with Crippen LogP contribution in [0.15, 0.2) is 54.6 Å². The molecule has 4 nitrogen and oxygen atoms in total. The van der Waals surface area contributed by atoms with Crippen LogP contribution in [0.1, 0.15) is 38.2 Å². The van der Waals surface area contributed by atoms with Gasteiger partial charge in [0.05, 0.1) is 5.92 Å². The van der Waals surface area contributed by atoms with E-state index in [2.05, 4.69) is 25.2 Å². The van der Waals surface area contributed by atoms with Crippen LogP contribution in [-0.4, -0.2) is 18.4 Å². The number of carbonyl (C=O) groups excluding carboxylic acids is 2. The molecule has 25 heavy (non-hydrogen) atoms. The van der Waals surface area contributed by atoms with Crippen molar-refractivity contribution in [3.63, 3.8) is 0 Å². The second kappa shape index (κ2) is 7.51. The van der Waals surface area contributed by atoms with E-state index in [0.29, 0.717) is 12.5 Å². The van der Waals surface area contributed by atoms with Gasteiger partial charge in [-0.15, -0.1) is 0 Å². The molecule has 2 atom stereocenters. The summed E-state index contributed by atoms with van der Waals surface area (Å²) in [4.78, 5) is 26.8. The second-order valence-electron chi connectivity index (χ2n) is 6.63. The monoisotopic (exact) mass is 336 g/mol. The summed E-state index contributed by atoms with van der Waals surface area (Å²) in [7, 11) is 0. The van der Waals surface area contributed by atoms with Gasteiger partial charge in [0, 0.05) is 24.3 Å². The van der Waals surface area contributed by atoms with Crippen molar-refractivity contribution >= 4 is 23.2 Å². The lowest BCUT2D eigenvalue weighted by Crippen LogP contribution is -2.29. The van der Waals surface area contributed by atoms with Crippen LogP contribution in [-0.2, 0) is 9.59 Å². The number of rotatable bonds is 5. The Kier molecular flexibility index (Phi) is 5.17. The minimum atomic E-state index is -0.322. The van der Waals surface area contributed by atoms with Gasteiger partial charge in [-0.1, -0.05) is 50.2 Å². The summed E-state index contributed by atoms with van der Waals surface area (Å²) in [6, 6.07) is 17.4. The highest BCUT2D eigenvalue weighted by molar-refractivity contribution is 6.03. The van der Waals surface area contributed by atoms with Crippen LogP contribution in [0.4, 0.5) is 11.4 Å². The summed E-state index contributed by atoms with van der Waals surface area (Å²) in [5.74, 6) is -0.0223. The molecule has 2 aromatic carbocycles. The van der Waals surface area contributed by atoms with Gasteiger partial charge in [0.1, 0.15) is 0 Å². The molecule has 1 aliphatic rings. The topological polar surface area (TPSA) is 49.4 Å². The second-order valence-corrected chi connectivity index (χ2v) is 6.63. The SMILES string of the molecule is CCC(C)c1ccccc1N1CC(C(=O)Nc2ccccc2)CC1=O. The van der Waals surface area contributed by atoms with E-state index in [0.717, 1.165) is 17.8 Å². The van der Waals surface area contributed by atoms with Gasteiger partial charge in [0.25, 0.3) is 0 Å². The van der Waals surface area contributed by atoms with Crippen molar-refractivity contribution in [2.75, 3.05) is 16.8 Å². The van der Waals surface area contributed by atoms with Gasteiger partial charge in [-0.25, -0.2) is 0 Å². The van der Waals surface area contributed by atoms with Crippen LogP contribution in [0.2, 0.25) is 0 Å². The lowest BCUT2D eigenvalue weighted by molar-refractivity contribution is -0.122. The van der Waals surface area contributed by atoms with Crippen molar-refractivity contribution in [2.45, 2.75) is 32.6 Å². The molecule has 0 radical (unpaired) electrons. The average molecular weight is 336 g/mol. The van der Waals surface area contributed by atoms with Crippen molar-refractivity contribution in [1.29, 1.82) is 0 Å². The van der Waals surface area contributed by atoms with Crippen molar-refractivity contribution in [3.05, 3.63) is 60.2 Å². The number of para-hydroxylation sites is 2. The molecule has 2 unspecified atom stereocenters. The van der Waals surface area contributed by atoms with E-state index in [1.807, 2.05) is 48.5 Å². The van der Waals surface area contributed by atoms with Gasteiger partial charge in [-0.2, -0.15) is 0 Å². The Morgan fingerprint density at radius 3 is 2.56 bits per heavy atom. The molecule has 3 rings (SSSR count). The molecule has 130 valence electrons. The maximum Gasteiger partial charge on any atom is 0.229 e. The zero-order valence-electron chi connectivity index (χ0n) is 14.7. The maximum absolute atomic E-state index is 12.6. The Morgan fingerprint density at radius 1 is 1.16 bits per heavy atom. The fraction of sp³-hybridized carbons (Fsp3) is 0.333. The number of amides is 2. The van der Waals surface area contributed by atoms with E-state index in [9.17, 15) is 9.59 Å². The summed E-state index contributed by atoms with van der Waals surface area (Å²) in [6.45, 7) is 4.74. The quantitative estimate of drug-likeness (QED) is 0.890. The first-order valence-electron chi connectivity index (χ1n) is 8.85. The fourth-order valence-electron chi connectivity index (χ4n) is 3.25. The van der Waals surface area contributed by atoms with Crippen LogP contribution in [0.3, 0.4) is 0 Å². The molecule has 2 aromatic rings. The number of hydrogen-bond acceptors (Lipinski definition) is 2. The molecular weight excluding hydrogens is 312 g/mol. The fourth-order valence-corrected chi connectivity index (χ4v) is 3.25. The summed E-state index contributed by atoms with van der Waals surface area (Å²) in [5, 5.41) is 2.91. The van der Waals surface area contributed by atoms with Crippen molar-refractivity contribution in [1.82, 2.24) is 0 Å². The Hall–Kier alpha value is -2.62. The lowest BCUT2D eigenvalue weighted by Gasteiger charge is -2.23. The van der Waals surface area contributed by atoms with Crippen LogP contribution >= 0.6 is 0 Å². The Bertz CT molecular complexity index is 758. The molecule has 1 N–H and O–H groups in total. The number of hydrogen-bond donors (Lipinski definition) is 1. The number of carbonyl (C=O) groups is 2. The molecule has 4 heteroatoms. The predicted molar refractivity (Wildman–Crippen MR) is 101 cm³/mol. The van der Waals surface area contributed by atoms with Crippen LogP contribution < -0.4 is 10.2 Å². The average Bonchev–Trinajstić information content (AvgIpc) is 3.03. The van der Waals surface area contributed by atoms with E-state index in [1.165, 1.54) is 5.56 Å². The minimum absolute atomic E-state index is 0.0176. The Labute approximate surface area is 148 Å². The normalized spacial score (nSPS) is 18.2. The standard InChI is InChI=1S/C21H24N2O2/c1-3-15(2)18-11-7-8-12-19(18)23-14-16(13-20(23)24)21(25)22-17-9-5-4-6-10-17/h4-12,15-16H,3,13-14H2,1-2H3,(H,22,25). The van der Waals surface area contributed by atoms with Gasteiger partial charge < -0.3 is 10.2 Å². The van der Waals surface area contributed by atoms with Gasteiger partial charge in [0.15, 0.2) is 0 Å². The largest absolute Gasteiger partial charge is 0.326 e. The smallest absolute Gasteiger partial charge is 0.229 e. The molecule has 0 spiro atoms. The highest BCUT2D eigenvalue weighted by atomic mass is 16.2. The van der Waals surface area contributed by atoms with Gasteiger partial charge >= 0.3 is 0 Å².